The molecule has 204 valence electrons. The largest absolute Gasteiger partial charge is 0.507 e. The molecular formula is C31H33BrN2O5. The van der Waals surface area contributed by atoms with Crippen LogP contribution < -0.4 is 10.6 Å². The first kappa shape index (κ1) is 28.5. The highest BCUT2D eigenvalue weighted by molar-refractivity contribution is 9.10. The van der Waals surface area contributed by atoms with Crippen LogP contribution in [0.15, 0.2) is 59.1 Å². The summed E-state index contributed by atoms with van der Waals surface area (Å²) in [5.74, 6) is -4.96. The summed E-state index contributed by atoms with van der Waals surface area (Å²) >= 11 is 3.31. The van der Waals surface area contributed by atoms with Crippen LogP contribution in [0, 0.1) is 39.5 Å². The number of hydrogen-bond donors (Lipinski definition) is 4. The molecule has 2 amide bonds. The van der Waals surface area contributed by atoms with Crippen LogP contribution in [0.1, 0.15) is 47.1 Å². The van der Waals surface area contributed by atoms with Gasteiger partial charge >= 0.3 is 0 Å². The SMILES string of the molecule is Cc1ccc(C)c(NC(=O)C2C(=O)CC(C)(O)C(C(=O)Nc3cc(C)ccc3C)C2c2ccc(O)c(Br)c2)c1. The molecule has 8 heteroatoms. The van der Waals surface area contributed by atoms with E-state index in [2.05, 4.69) is 26.6 Å². The van der Waals surface area contributed by atoms with E-state index in [9.17, 15) is 24.6 Å². The van der Waals surface area contributed by atoms with E-state index in [1.54, 1.807) is 12.1 Å². The Hall–Kier alpha value is -3.49. The maximum absolute atomic E-state index is 13.9. The average Bonchev–Trinajstić information content (AvgIpc) is 2.84. The molecule has 4 rings (SSSR count). The highest BCUT2D eigenvalue weighted by atomic mass is 79.9. The fraction of sp³-hybridized carbons (Fsp3) is 0.323. The molecule has 1 saturated carbocycles. The highest BCUT2D eigenvalue weighted by Crippen LogP contribution is 2.47. The molecule has 7 nitrogen and oxygen atoms in total. The van der Waals surface area contributed by atoms with Gasteiger partial charge in [-0.05, 0) is 103 Å². The van der Waals surface area contributed by atoms with Gasteiger partial charge in [-0.2, -0.15) is 0 Å². The maximum Gasteiger partial charge on any atom is 0.235 e. The lowest BCUT2D eigenvalue weighted by molar-refractivity contribution is -0.150. The summed E-state index contributed by atoms with van der Waals surface area (Å²) in [6.45, 7) is 9.00. The molecule has 0 radical (unpaired) electrons. The second-order valence-electron chi connectivity index (χ2n) is 10.8. The van der Waals surface area contributed by atoms with Gasteiger partial charge in [-0.15, -0.1) is 0 Å². The number of amides is 2. The minimum atomic E-state index is -1.73. The van der Waals surface area contributed by atoms with Gasteiger partial charge in [0.25, 0.3) is 0 Å². The predicted octanol–water partition coefficient (Wildman–Crippen LogP) is 5.71. The number of aliphatic hydroxyl groups is 1. The van der Waals surface area contributed by atoms with Gasteiger partial charge in [0.15, 0.2) is 0 Å². The van der Waals surface area contributed by atoms with Crippen LogP contribution >= 0.6 is 15.9 Å². The van der Waals surface area contributed by atoms with Crippen molar-refractivity contribution in [2.24, 2.45) is 11.8 Å². The summed E-state index contributed by atoms with van der Waals surface area (Å²) in [5, 5.41) is 27.5. The fourth-order valence-electron chi connectivity index (χ4n) is 5.38. The molecule has 0 saturated heterocycles. The third-order valence-corrected chi connectivity index (χ3v) is 8.13. The van der Waals surface area contributed by atoms with E-state index in [0.29, 0.717) is 21.4 Å². The average molecular weight is 594 g/mol. The Morgan fingerprint density at radius 2 is 1.41 bits per heavy atom. The molecule has 0 heterocycles. The summed E-state index contributed by atoms with van der Waals surface area (Å²) < 4.78 is 0.347. The second kappa shape index (κ2) is 10.9. The Bertz CT molecular complexity index is 1470. The normalized spacial score (nSPS) is 22.8. The Morgan fingerprint density at radius 1 is 0.872 bits per heavy atom. The zero-order valence-electron chi connectivity index (χ0n) is 22.6. The molecule has 0 aliphatic heterocycles. The Balaban J connectivity index is 1.82. The number of Topliss-reactive ketones (excluding diaryl/α,β-unsaturated/α-hetero) is 1. The van der Waals surface area contributed by atoms with Gasteiger partial charge < -0.3 is 20.8 Å². The lowest BCUT2D eigenvalue weighted by Crippen LogP contribution is -2.56. The summed E-state index contributed by atoms with van der Waals surface area (Å²) in [7, 11) is 0. The van der Waals surface area contributed by atoms with Crippen molar-refractivity contribution in [2.75, 3.05) is 10.6 Å². The van der Waals surface area contributed by atoms with Crippen molar-refractivity contribution in [3.05, 3.63) is 86.9 Å². The van der Waals surface area contributed by atoms with Crippen molar-refractivity contribution in [3.8, 4) is 5.75 Å². The van der Waals surface area contributed by atoms with Crippen molar-refractivity contribution in [1.29, 1.82) is 0 Å². The predicted molar refractivity (Wildman–Crippen MR) is 155 cm³/mol. The molecule has 1 aliphatic rings. The number of benzene rings is 3. The van der Waals surface area contributed by atoms with Crippen molar-refractivity contribution in [3.63, 3.8) is 0 Å². The van der Waals surface area contributed by atoms with Crippen LogP contribution in [0.5, 0.6) is 5.75 Å². The number of carbonyl (C=O) groups is 3. The third-order valence-electron chi connectivity index (χ3n) is 7.49. The number of aryl methyl sites for hydroxylation is 4. The Kier molecular flexibility index (Phi) is 8.00. The third kappa shape index (κ3) is 5.92. The van der Waals surface area contributed by atoms with Crippen LogP contribution in [0.4, 0.5) is 11.4 Å². The van der Waals surface area contributed by atoms with Crippen LogP contribution in [0.2, 0.25) is 0 Å². The van der Waals surface area contributed by atoms with E-state index in [-0.39, 0.29) is 12.2 Å². The number of hydrogen-bond acceptors (Lipinski definition) is 5. The molecule has 3 aromatic carbocycles. The van der Waals surface area contributed by atoms with Crippen LogP contribution in [-0.4, -0.2) is 33.4 Å². The number of anilines is 2. The smallest absolute Gasteiger partial charge is 0.235 e. The molecule has 4 atom stereocenters. The highest BCUT2D eigenvalue weighted by Gasteiger charge is 2.56. The molecular weight excluding hydrogens is 560 g/mol. The van der Waals surface area contributed by atoms with Crippen molar-refractivity contribution in [2.45, 2.75) is 52.6 Å². The van der Waals surface area contributed by atoms with Gasteiger partial charge in [0, 0.05) is 23.7 Å². The molecule has 0 aromatic heterocycles. The van der Waals surface area contributed by atoms with E-state index >= 15 is 0 Å². The first-order valence-corrected chi connectivity index (χ1v) is 13.6. The number of rotatable bonds is 5. The second-order valence-corrected chi connectivity index (χ2v) is 11.7. The Labute approximate surface area is 236 Å². The maximum atomic E-state index is 13.9. The number of halogens is 1. The molecule has 1 aliphatic carbocycles. The minimum absolute atomic E-state index is 0.0274. The van der Waals surface area contributed by atoms with Gasteiger partial charge in [-0.3, -0.25) is 14.4 Å². The summed E-state index contributed by atoms with van der Waals surface area (Å²) in [6, 6.07) is 15.9. The van der Waals surface area contributed by atoms with Crippen molar-refractivity contribution < 1.29 is 24.6 Å². The van der Waals surface area contributed by atoms with E-state index in [0.717, 1.165) is 22.3 Å². The fourth-order valence-corrected chi connectivity index (χ4v) is 5.78. The van der Waals surface area contributed by atoms with E-state index in [4.69, 9.17) is 0 Å². The van der Waals surface area contributed by atoms with Gasteiger partial charge in [-0.25, -0.2) is 0 Å². The number of carbonyl (C=O) groups excluding carboxylic acids is 3. The van der Waals surface area contributed by atoms with Gasteiger partial charge in [0.05, 0.1) is 16.0 Å². The zero-order chi connectivity index (χ0) is 28.6. The Morgan fingerprint density at radius 3 is 1.95 bits per heavy atom. The lowest BCUT2D eigenvalue weighted by Gasteiger charge is -2.44. The summed E-state index contributed by atoms with van der Waals surface area (Å²) in [4.78, 5) is 41.3. The molecule has 39 heavy (non-hydrogen) atoms. The lowest BCUT2D eigenvalue weighted by atomic mass is 9.61. The van der Waals surface area contributed by atoms with Gasteiger partial charge in [0.2, 0.25) is 11.8 Å². The minimum Gasteiger partial charge on any atom is -0.507 e. The summed E-state index contributed by atoms with van der Waals surface area (Å²) in [5.41, 5.74) is 3.47. The van der Waals surface area contributed by atoms with E-state index < -0.39 is 41.0 Å². The number of nitrogens with one attached hydrogen (secondary N) is 2. The monoisotopic (exact) mass is 592 g/mol. The molecule has 0 spiro atoms. The van der Waals surface area contributed by atoms with Crippen LogP contribution in [0.25, 0.3) is 0 Å². The molecule has 0 bridgehead atoms. The number of aromatic hydroxyl groups is 1. The van der Waals surface area contributed by atoms with Gasteiger partial charge in [-0.1, -0.05) is 30.3 Å². The van der Waals surface area contributed by atoms with Crippen LogP contribution in [-0.2, 0) is 14.4 Å². The molecule has 3 aromatic rings. The first-order valence-electron chi connectivity index (χ1n) is 12.8. The topological polar surface area (TPSA) is 116 Å². The van der Waals surface area contributed by atoms with E-state index in [1.165, 1.54) is 13.0 Å². The van der Waals surface area contributed by atoms with Crippen molar-refractivity contribution in [1.82, 2.24) is 0 Å². The van der Waals surface area contributed by atoms with Crippen molar-refractivity contribution >= 4 is 44.9 Å². The number of phenols is 1. The van der Waals surface area contributed by atoms with Gasteiger partial charge in [0.1, 0.15) is 17.5 Å². The quantitative estimate of drug-likeness (QED) is 0.283. The molecule has 1 fully saturated rings. The van der Waals surface area contributed by atoms with Crippen LogP contribution in [0.3, 0.4) is 0 Å². The van der Waals surface area contributed by atoms with E-state index in [1.807, 2.05) is 64.1 Å². The summed E-state index contributed by atoms with van der Waals surface area (Å²) in [6.07, 6.45) is -0.363. The molecule has 4 unspecified atom stereocenters. The number of ketones is 1. The number of phenolic OH excluding ortho intramolecular Hbond substituents is 1. The molecule has 4 N–H and O–H groups in total. The zero-order valence-corrected chi connectivity index (χ0v) is 24.2. The first-order chi connectivity index (χ1) is 18.3. The standard InChI is InChI=1S/C31H33BrN2O5/c1-16-6-8-18(3)22(12-16)33-29(37)27-25(36)15-31(5,39)28(26(27)20-10-11-24(35)21(32)14-20)30(38)34-23-13-17(2)7-9-19(23)4/h6-14,26-28,35,39H,15H2,1-5H3,(H,33,37)(H,34,38).